The minimum absolute atomic E-state index is 0.0956. The van der Waals surface area contributed by atoms with E-state index in [1.165, 1.54) is 41.2 Å². The second-order valence-electron chi connectivity index (χ2n) is 6.97. The highest BCUT2D eigenvalue weighted by Crippen LogP contribution is 2.26. The van der Waals surface area contributed by atoms with Crippen molar-refractivity contribution in [3.8, 4) is 5.69 Å². The van der Waals surface area contributed by atoms with Gasteiger partial charge in [0.05, 0.1) is 25.9 Å². The maximum Gasteiger partial charge on any atom is 0.333 e. The first-order chi connectivity index (χ1) is 16.2. The molecule has 0 aliphatic rings. The van der Waals surface area contributed by atoms with Crippen molar-refractivity contribution < 1.29 is 13.2 Å². The van der Waals surface area contributed by atoms with Gasteiger partial charge in [-0.1, -0.05) is 23.2 Å². The van der Waals surface area contributed by atoms with Crippen molar-refractivity contribution in [2.75, 3.05) is 17.2 Å². The first-order valence-electron chi connectivity index (χ1n) is 9.82. The number of anilines is 2. The molecule has 3 N–H and O–H groups in total. The number of carbonyl (C=O) groups is 1. The number of sulfonamides is 1. The van der Waals surface area contributed by atoms with Crippen LogP contribution in [0.4, 0.5) is 16.2 Å². The van der Waals surface area contributed by atoms with Crippen molar-refractivity contribution in [3.63, 3.8) is 0 Å². The molecule has 2 aromatic heterocycles. The van der Waals surface area contributed by atoms with Crippen molar-refractivity contribution in [1.29, 1.82) is 0 Å². The molecule has 176 valence electrons. The van der Waals surface area contributed by atoms with Crippen LogP contribution in [0, 0.1) is 0 Å². The van der Waals surface area contributed by atoms with Gasteiger partial charge < -0.3 is 10.6 Å². The second-order valence-corrected chi connectivity index (χ2v) is 11.0. The number of nitrogens with one attached hydrogen (secondary N) is 3. The van der Waals surface area contributed by atoms with Gasteiger partial charge >= 0.3 is 6.03 Å². The van der Waals surface area contributed by atoms with E-state index in [1.54, 1.807) is 18.2 Å². The largest absolute Gasteiger partial charge is 0.385 e. The summed E-state index contributed by atoms with van der Waals surface area (Å²) in [5.74, 6) is 0. The van der Waals surface area contributed by atoms with E-state index in [0.29, 0.717) is 16.6 Å². The Morgan fingerprint density at radius 3 is 2.53 bits per heavy atom. The number of urea groups is 1. The lowest BCUT2D eigenvalue weighted by atomic mass is 10.2. The Bertz CT molecular complexity index is 1570. The molecule has 9 nitrogen and oxygen atoms in total. The molecule has 0 unspecified atom stereocenters. The summed E-state index contributed by atoms with van der Waals surface area (Å²) in [6.07, 6.45) is 1.38. The van der Waals surface area contributed by atoms with Gasteiger partial charge in [0.25, 0.3) is 15.6 Å². The fourth-order valence-electron chi connectivity index (χ4n) is 3.16. The number of hydrogen-bond donors (Lipinski definition) is 3. The molecule has 2 heterocycles. The Balaban J connectivity index is 1.56. The topological polar surface area (TPSA) is 122 Å². The molecule has 0 radical (unpaired) electrons. The van der Waals surface area contributed by atoms with Crippen LogP contribution in [0.1, 0.15) is 6.92 Å². The lowest BCUT2D eigenvalue weighted by Gasteiger charge is -2.12. The Morgan fingerprint density at radius 2 is 1.85 bits per heavy atom. The van der Waals surface area contributed by atoms with Gasteiger partial charge in [-0.05, 0) is 55.5 Å². The molecular weight excluding hydrogens is 521 g/mol. The number of aromatic nitrogens is 2. The number of halogens is 2. The molecule has 0 aliphatic carbocycles. The van der Waals surface area contributed by atoms with Crippen LogP contribution in [0.5, 0.6) is 0 Å². The molecule has 0 aliphatic heterocycles. The summed E-state index contributed by atoms with van der Waals surface area (Å²) in [4.78, 5) is 29.6. The van der Waals surface area contributed by atoms with Crippen LogP contribution >= 0.6 is 34.5 Å². The summed E-state index contributed by atoms with van der Waals surface area (Å²) >= 11 is 12.9. The number of hydrogen-bond acceptors (Lipinski definition) is 7. The molecule has 4 aromatic rings. The molecule has 13 heteroatoms. The Kier molecular flexibility index (Phi) is 6.80. The third kappa shape index (κ3) is 5.02. The monoisotopic (exact) mass is 537 g/mol. The van der Waals surface area contributed by atoms with E-state index in [2.05, 4.69) is 15.6 Å². The van der Waals surface area contributed by atoms with Gasteiger partial charge in [-0.3, -0.25) is 9.36 Å². The van der Waals surface area contributed by atoms with Crippen molar-refractivity contribution in [3.05, 3.63) is 74.6 Å². The lowest BCUT2D eigenvalue weighted by Crippen LogP contribution is -2.33. The summed E-state index contributed by atoms with van der Waals surface area (Å²) in [7, 11) is -4.07. The predicted molar refractivity (Wildman–Crippen MR) is 135 cm³/mol. The molecule has 0 saturated heterocycles. The highest BCUT2D eigenvalue weighted by Gasteiger charge is 2.20. The van der Waals surface area contributed by atoms with Gasteiger partial charge in [-0.2, -0.15) is 0 Å². The average molecular weight is 538 g/mol. The molecule has 4 rings (SSSR count). The molecule has 0 saturated carbocycles. The summed E-state index contributed by atoms with van der Waals surface area (Å²) in [5, 5.41) is 6.14. The van der Waals surface area contributed by atoms with Crippen LogP contribution in [0.3, 0.4) is 0 Å². The fraction of sp³-hybridized carbons (Fsp3) is 0.0952. The van der Waals surface area contributed by atoms with Gasteiger partial charge in [0.1, 0.15) is 10.5 Å². The number of amides is 2. The maximum absolute atomic E-state index is 13.0. The van der Waals surface area contributed by atoms with Crippen molar-refractivity contribution in [1.82, 2.24) is 14.3 Å². The van der Waals surface area contributed by atoms with Gasteiger partial charge in [0, 0.05) is 17.9 Å². The fourth-order valence-corrected chi connectivity index (χ4v) is 5.82. The van der Waals surface area contributed by atoms with Crippen LogP contribution in [0.25, 0.3) is 16.6 Å². The van der Waals surface area contributed by atoms with Gasteiger partial charge in [0.15, 0.2) is 0 Å². The van der Waals surface area contributed by atoms with Crippen molar-refractivity contribution in [2.24, 2.45) is 0 Å². The zero-order valence-corrected chi connectivity index (χ0v) is 20.6. The highest BCUT2D eigenvalue weighted by molar-refractivity contribution is 7.92. The summed E-state index contributed by atoms with van der Waals surface area (Å²) in [5.41, 5.74) is 1.66. The van der Waals surface area contributed by atoms with Crippen LogP contribution in [0.2, 0.25) is 9.36 Å². The van der Waals surface area contributed by atoms with E-state index in [9.17, 15) is 18.0 Å². The predicted octanol–water partition coefficient (Wildman–Crippen LogP) is 4.70. The van der Waals surface area contributed by atoms with E-state index in [0.717, 1.165) is 23.6 Å². The molecule has 2 aromatic carbocycles. The van der Waals surface area contributed by atoms with E-state index >= 15 is 0 Å². The van der Waals surface area contributed by atoms with E-state index in [-0.39, 0.29) is 24.8 Å². The van der Waals surface area contributed by atoms with Crippen LogP contribution < -0.4 is 20.9 Å². The number of nitrogens with zero attached hydrogens (tertiary/aromatic N) is 2. The number of rotatable bonds is 6. The first-order valence-corrected chi connectivity index (χ1v) is 12.9. The zero-order valence-electron chi connectivity index (χ0n) is 17.5. The summed E-state index contributed by atoms with van der Waals surface area (Å²) in [6, 6.07) is 11.4. The van der Waals surface area contributed by atoms with Crippen LogP contribution in [0.15, 0.2) is 63.9 Å². The molecule has 0 atom stereocenters. The first kappa shape index (κ1) is 24.0. The second kappa shape index (κ2) is 9.63. The highest BCUT2D eigenvalue weighted by atomic mass is 35.5. The Hall–Kier alpha value is -3.12. The summed E-state index contributed by atoms with van der Waals surface area (Å²) < 4.78 is 27.9. The third-order valence-corrected chi connectivity index (χ3v) is 8.00. The van der Waals surface area contributed by atoms with Crippen molar-refractivity contribution in [2.45, 2.75) is 11.1 Å². The molecule has 0 fully saturated rings. The number of benzene rings is 2. The SMILES string of the molecule is CCNc1ccc2c(=O)n(-c3ccc(NC(=O)NS(=O)(=O)c4ccc(Cl)s4)cc3Cl)cnc2c1. The minimum Gasteiger partial charge on any atom is -0.385 e. The summed E-state index contributed by atoms with van der Waals surface area (Å²) in [6.45, 7) is 2.71. The average Bonchev–Trinajstić information content (AvgIpc) is 3.22. The Labute approximate surface area is 208 Å². The molecule has 0 bridgehead atoms. The Morgan fingerprint density at radius 1 is 1.09 bits per heavy atom. The molecule has 0 spiro atoms. The van der Waals surface area contributed by atoms with Gasteiger partial charge in [-0.25, -0.2) is 22.9 Å². The third-order valence-electron chi connectivity index (χ3n) is 4.65. The molecule has 34 heavy (non-hydrogen) atoms. The van der Waals surface area contributed by atoms with Gasteiger partial charge in [-0.15, -0.1) is 11.3 Å². The number of fused-ring (bicyclic) bond motifs is 1. The number of carbonyl (C=O) groups excluding carboxylic acids is 1. The van der Waals surface area contributed by atoms with Crippen LogP contribution in [-0.4, -0.2) is 30.5 Å². The van der Waals surface area contributed by atoms with E-state index in [1.807, 2.05) is 11.6 Å². The molecule has 2 amide bonds. The van der Waals surface area contributed by atoms with E-state index in [4.69, 9.17) is 23.2 Å². The van der Waals surface area contributed by atoms with Crippen molar-refractivity contribution >= 4 is 72.9 Å². The standard InChI is InChI=1S/C21H17Cl2N5O4S2/c1-2-24-12-3-5-14-16(10-12)25-11-28(20(14)29)17-6-4-13(9-15(17)22)26-21(30)27-34(31,32)19-8-7-18(23)33-19/h3-11,24H,2H2,1H3,(H2,26,27,30). The maximum atomic E-state index is 13.0. The zero-order chi connectivity index (χ0) is 24.5. The lowest BCUT2D eigenvalue weighted by molar-refractivity contribution is 0.256. The smallest absolute Gasteiger partial charge is 0.333 e. The van der Waals surface area contributed by atoms with E-state index < -0.39 is 16.1 Å². The quantitative estimate of drug-likeness (QED) is 0.327. The minimum atomic E-state index is -4.07. The number of thiophene rings is 1. The van der Waals surface area contributed by atoms with Gasteiger partial charge in [0.2, 0.25) is 0 Å². The molecular formula is C21H17Cl2N5O4S2. The van der Waals surface area contributed by atoms with Crippen LogP contribution in [-0.2, 0) is 10.0 Å². The normalized spacial score (nSPS) is 11.4.